The summed E-state index contributed by atoms with van der Waals surface area (Å²) in [6.45, 7) is -0.0654. The van der Waals surface area contributed by atoms with Crippen LogP contribution in [0.4, 0.5) is 0 Å². The van der Waals surface area contributed by atoms with E-state index >= 15 is 0 Å². The normalized spacial score (nSPS) is 26.6. The first-order chi connectivity index (χ1) is 37.2. The predicted octanol–water partition coefficient (Wildman–Crippen LogP) is 9.24. The molecule has 77 heavy (non-hydrogen) atoms. The molecular formula is C63H73N3O9S2. The molecule has 4 aromatic carbocycles. The van der Waals surface area contributed by atoms with Gasteiger partial charge in [-0.25, -0.2) is 0 Å². The first kappa shape index (κ1) is 55.0. The summed E-state index contributed by atoms with van der Waals surface area (Å²) in [5, 5.41) is 66.9. The number of carbonyl (C=O) groups excluding carboxylic acids is 2. The van der Waals surface area contributed by atoms with E-state index in [0.717, 1.165) is 72.0 Å². The smallest absolute Gasteiger partial charge is 0.165 e. The molecule has 1 aromatic heterocycles. The average molecular weight is 1080 g/mol. The molecule has 0 amide bonds. The number of carbonyl (C=O) groups is 2. The van der Waals surface area contributed by atoms with Crippen LogP contribution in [0.5, 0.6) is 17.2 Å². The fraction of sp³-hybridized carbons (Fsp3) is 0.460. The van der Waals surface area contributed by atoms with Gasteiger partial charge in [0.25, 0.3) is 0 Å². The summed E-state index contributed by atoms with van der Waals surface area (Å²) in [5.41, 5.74) is 21.2. The first-order valence-corrected chi connectivity index (χ1v) is 30.0. The lowest BCUT2D eigenvalue weighted by atomic mass is 9.60. The molecule has 406 valence electrons. The van der Waals surface area contributed by atoms with E-state index in [1.54, 1.807) is 64.2 Å². The molecule has 9 atom stereocenters. The maximum atomic E-state index is 14.3. The van der Waals surface area contributed by atoms with Crippen molar-refractivity contribution in [1.29, 1.82) is 0 Å². The number of hydrogen-bond donors (Lipinski definition) is 9. The minimum atomic E-state index is -0.886. The number of ketones is 2. The molecule has 10 rings (SSSR count). The molecular weight excluding hydrogens is 1010 g/mol. The number of nitrogens with one attached hydrogen (secondary N) is 1. The van der Waals surface area contributed by atoms with E-state index in [-0.39, 0.29) is 79.4 Å². The molecule has 12 nitrogen and oxygen atoms in total. The summed E-state index contributed by atoms with van der Waals surface area (Å²) >= 11 is 0. The second kappa shape index (κ2) is 23.9. The fourth-order valence-corrected chi connectivity index (χ4v) is 16.6. The molecule has 11 N–H and O–H groups in total. The van der Waals surface area contributed by atoms with E-state index in [4.69, 9.17) is 16.2 Å². The van der Waals surface area contributed by atoms with Gasteiger partial charge in [-0.1, -0.05) is 88.0 Å². The number of ether oxygens (including phenoxy) is 1. The lowest BCUT2D eigenvalue weighted by Gasteiger charge is -2.46. The van der Waals surface area contributed by atoms with Crippen molar-refractivity contribution in [3.63, 3.8) is 0 Å². The topological polar surface area (TPSA) is 233 Å². The zero-order chi connectivity index (χ0) is 53.8. The van der Waals surface area contributed by atoms with Crippen LogP contribution < -0.4 is 16.2 Å². The minimum absolute atomic E-state index is 0.0221. The molecule has 2 heterocycles. The summed E-state index contributed by atoms with van der Waals surface area (Å²) in [4.78, 5) is 31.6. The summed E-state index contributed by atoms with van der Waals surface area (Å²) < 4.78 is 6.21. The van der Waals surface area contributed by atoms with Gasteiger partial charge in [-0.3, -0.25) is 9.59 Å². The lowest BCUT2D eigenvalue weighted by molar-refractivity contribution is -0.114. The number of benzene rings is 4. The van der Waals surface area contributed by atoms with Gasteiger partial charge in [0.2, 0.25) is 0 Å². The van der Waals surface area contributed by atoms with Crippen LogP contribution in [0.25, 0.3) is 0 Å². The number of aromatic amines is 1. The Kier molecular flexibility index (Phi) is 17.1. The standard InChI is InChI=1S/C63H73N3O9S2/c64-61(65)52-29-42-5-3-7-55-50(18-22-66-55)58(73)31-53-51(42)30-45(52)35-76-77-37-63-20-16-46(27-44(28-48(70)34-68)40-11-12-43(33-67)49-6-2-1-4-41(49)26-40)62(36-63,32-60(63)74)21-17-47(69)13-8-38-10-15-57(72)59(25-38)75-23-19-39-9-14-56(71)54(53)24-39/h1-2,4,6,9-10,14-15,17-18,21-22,24-25,29-30,40,43-44,46,48,53,60-61,66-68,70-72,74H,7-8,11-13,16,19-20,23,26-28,31-37,64-65H2. The largest absolute Gasteiger partial charge is 0.508 e. The van der Waals surface area contributed by atoms with Crippen LogP contribution in [0.2, 0.25) is 0 Å². The molecule has 4 aliphatic carbocycles. The fourth-order valence-electron chi connectivity index (χ4n) is 13.8. The Morgan fingerprint density at radius 2 is 1.68 bits per heavy atom. The number of phenols is 2. The average Bonchev–Trinajstić information content (AvgIpc) is 3.99. The van der Waals surface area contributed by atoms with Crippen LogP contribution in [0.15, 0.2) is 97.2 Å². The molecule has 5 aliphatic rings. The highest BCUT2D eigenvalue weighted by Gasteiger charge is 2.59. The molecule has 0 radical (unpaired) electrons. The van der Waals surface area contributed by atoms with Crippen molar-refractivity contribution < 1.29 is 45.0 Å². The first-order valence-electron chi connectivity index (χ1n) is 27.5. The Labute approximate surface area is 459 Å². The zero-order valence-corrected chi connectivity index (χ0v) is 45.3. The van der Waals surface area contributed by atoms with E-state index in [1.165, 1.54) is 11.1 Å². The lowest BCUT2D eigenvalue weighted by Crippen LogP contribution is -2.39. The van der Waals surface area contributed by atoms with Crippen molar-refractivity contribution in [1.82, 2.24) is 4.98 Å². The molecule has 2 saturated carbocycles. The van der Waals surface area contributed by atoms with Gasteiger partial charge in [0.15, 0.2) is 23.1 Å². The van der Waals surface area contributed by atoms with Crippen LogP contribution in [0.1, 0.15) is 148 Å². The van der Waals surface area contributed by atoms with Crippen molar-refractivity contribution in [3.05, 3.63) is 159 Å². The highest BCUT2D eigenvalue weighted by molar-refractivity contribution is 8.76. The highest BCUT2D eigenvalue weighted by atomic mass is 33.1. The third-order valence-electron chi connectivity index (χ3n) is 18.0. The SMILES string of the molecule is NC(N)c1cc2c3cc1CSSCC14CCC(CC(CC(O)CO)C5CCC(CO)c6ccccc6C5)C(C=CC(=O)CCc5ccc(O)c(c5)OCCc5ccc(O)c(c5)C3CC(=O)c3cc[nH]c3CC#C2)(CC1O)C4. The molecule has 8 bridgehead atoms. The van der Waals surface area contributed by atoms with Gasteiger partial charge in [0, 0.05) is 83.2 Å². The number of fused-ring (bicyclic) bond motifs is 8. The predicted molar refractivity (Wildman–Crippen MR) is 303 cm³/mol. The molecule has 2 fully saturated rings. The van der Waals surface area contributed by atoms with E-state index in [1.807, 2.05) is 24.3 Å². The van der Waals surface area contributed by atoms with Gasteiger partial charge < -0.3 is 51.8 Å². The van der Waals surface area contributed by atoms with Crippen molar-refractivity contribution in [2.24, 2.45) is 40.1 Å². The number of rotatable bonds is 8. The molecule has 0 spiro atoms. The summed E-state index contributed by atoms with van der Waals surface area (Å²) in [6, 6.07) is 24.7. The van der Waals surface area contributed by atoms with Crippen LogP contribution in [-0.4, -0.2) is 85.0 Å². The Hall–Kier alpha value is -5.34. The summed E-state index contributed by atoms with van der Waals surface area (Å²) in [6.07, 6.45) is 11.2. The summed E-state index contributed by atoms with van der Waals surface area (Å²) in [5.74, 6) is 7.82. The van der Waals surface area contributed by atoms with E-state index in [9.17, 15) is 40.2 Å². The number of aryl methyl sites for hydroxylation is 1. The zero-order valence-electron chi connectivity index (χ0n) is 43.7. The monoisotopic (exact) mass is 1080 g/mol. The van der Waals surface area contributed by atoms with Crippen molar-refractivity contribution in [2.45, 2.75) is 126 Å². The van der Waals surface area contributed by atoms with Gasteiger partial charge in [0.05, 0.1) is 38.0 Å². The third-order valence-corrected chi connectivity index (χ3v) is 20.5. The molecule has 5 aromatic rings. The Bertz CT molecular complexity index is 3050. The van der Waals surface area contributed by atoms with Crippen LogP contribution in [0, 0.1) is 40.4 Å². The van der Waals surface area contributed by atoms with Crippen molar-refractivity contribution in [3.8, 4) is 29.1 Å². The summed E-state index contributed by atoms with van der Waals surface area (Å²) in [7, 11) is 3.38. The van der Waals surface area contributed by atoms with Gasteiger partial charge in [0.1, 0.15) is 5.75 Å². The van der Waals surface area contributed by atoms with Gasteiger partial charge in [-0.05, 0) is 163 Å². The Morgan fingerprint density at radius 1 is 0.857 bits per heavy atom. The number of nitrogens with two attached hydrogens (primary N) is 2. The second-order valence-corrected chi connectivity index (χ2v) is 25.2. The number of aliphatic hydroxyl groups excluding tert-OH is 4. The van der Waals surface area contributed by atoms with Crippen molar-refractivity contribution >= 4 is 33.2 Å². The second-order valence-electron chi connectivity index (χ2n) is 22.7. The van der Waals surface area contributed by atoms with E-state index in [0.29, 0.717) is 72.5 Å². The molecule has 9 unspecified atom stereocenters. The number of hydrogen-bond acceptors (Lipinski definition) is 13. The maximum Gasteiger partial charge on any atom is 0.165 e. The number of Topliss-reactive ketones (excluding diaryl/α,β-unsaturated/α-hetero) is 1. The highest BCUT2D eigenvalue weighted by Crippen LogP contribution is 2.65. The molecule has 0 saturated heterocycles. The number of H-pyrrole nitrogens is 1. The van der Waals surface area contributed by atoms with E-state index in [2.05, 4.69) is 47.2 Å². The Balaban J connectivity index is 0.999. The van der Waals surface area contributed by atoms with Crippen molar-refractivity contribution in [2.75, 3.05) is 25.6 Å². The van der Waals surface area contributed by atoms with Gasteiger partial charge in [-0.15, -0.1) is 0 Å². The van der Waals surface area contributed by atoms with Crippen LogP contribution >= 0.6 is 21.6 Å². The van der Waals surface area contributed by atoms with E-state index < -0.39 is 35.1 Å². The number of phenolic OH excluding ortho intramolecular Hbond substituents is 2. The molecule has 1 aliphatic heterocycles. The number of aromatic hydroxyl groups is 2. The number of aliphatic hydroxyl groups is 4. The van der Waals surface area contributed by atoms with Crippen LogP contribution in [0.3, 0.4) is 0 Å². The minimum Gasteiger partial charge on any atom is -0.508 e. The quantitative estimate of drug-likeness (QED) is 0.0306. The number of allylic oxidation sites excluding steroid dienone is 2. The molecule has 14 heteroatoms. The maximum absolute atomic E-state index is 14.3. The van der Waals surface area contributed by atoms with Gasteiger partial charge >= 0.3 is 0 Å². The number of aromatic nitrogens is 1. The third kappa shape index (κ3) is 12.0. The van der Waals surface area contributed by atoms with Gasteiger partial charge in [-0.2, -0.15) is 0 Å². The Morgan fingerprint density at radius 3 is 2.49 bits per heavy atom. The van der Waals surface area contributed by atoms with Crippen LogP contribution in [-0.2, 0) is 36.2 Å².